The van der Waals surface area contributed by atoms with Crippen molar-refractivity contribution < 1.29 is 13.6 Å². The smallest absolute Gasteiger partial charge is 0.254 e. The molecule has 0 atom stereocenters. The summed E-state index contributed by atoms with van der Waals surface area (Å²) in [6.45, 7) is 6.20. The fourth-order valence-corrected chi connectivity index (χ4v) is 4.21. The lowest BCUT2D eigenvalue weighted by atomic mass is 10.0. The number of hydrogen-bond donors (Lipinski definition) is 1. The molecule has 2 aromatic carbocycles. The summed E-state index contributed by atoms with van der Waals surface area (Å²) in [5.74, 6) is -1.74. The van der Waals surface area contributed by atoms with Gasteiger partial charge < -0.3 is 5.32 Å². The van der Waals surface area contributed by atoms with Crippen LogP contribution >= 0.6 is 0 Å². The van der Waals surface area contributed by atoms with Crippen LogP contribution < -0.4 is 5.32 Å². The van der Waals surface area contributed by atoms with Crippen LogP contribution in [0.3, 0.4) is 0 Å². The molecule has 1 fully saturated rings. The molecule has 1 saturated heterocycles. The Morgan fingerprint density at radius 1 is 1.09 bits per heavy atom. The van der Waals surface area contributed by atoms with Gasteiger partial charge in [0.05, 0.1) is 23.1 Å². The molecule has 3 aromatic rings. The minimum atomic E-state index is -0.827. The van der Waals surface area contributed by atoms with Gasteiger partial charge in [0.25, 0.3) is 5.91 Å². The molecule has 5 nitrogen and oxygen atoms in total. The molecule has 1 aliphatic rings. The summed E-state index contributed by atoms with van der Waals surface area (Å²) >= 11 is 0. The second-order valence-electron chi connectivity index (χ2n) is 8.38. The highest BCUT2D eigenvalue weighted by molar-refractivity contribution is 5.95. The van der Waals surface area contributed by atoms with Gasteiger partial charge in [-0.1, -0.05) is 30.7 Å². The number of benzene rings is 2. The largest absolute Gasteiger partial charge is 0.349 e. The zero-order valence-electron chi connectivity index (χ0n) is 18.4. The topological polar surface area (TPSA) is 50.2 Å². The predicted octanol–water partition coefficient (Wildman–Crippen LogP) is 4.42. The number of hydrogen-bond acceptors (Lipinski definition) is 3. The molecule has 0 saturated carbocycles. The first-order valence-corrected chi connectivity index (χ1v) is 11.1. The number of piperidine rings is 1. The van der Waals surface area contributed by atoms with E-state index in [1.165, 1.54) is 17.7 Å². The van der Waals surface area contributed by atoms with Crippen LogP contribution in [0.15, 0.2) is 48.7 Å². The number of carbonyl (C=O) groups excluding carboxylic acids is 1. The van der Waals surface area contributed by atoms with Gasteiger partial charge in [0.1, 0.15) is 0 Å². The Kier molecular flexibility index (Phi) is 6.65. The van der Waals surface area contributed by atoms with Crippen molar-refractivity contribution in [2.45, 2.75) is 45.7 Å². The summed E-state index contributed by atoms with van der Waals surface area (Å²) < 4.78 is 28.4. The summed E-state index contributed by atoms with van der Waals surface area (Å²) in [5.41, 5.74) is 4.37. The molecule has 1 amide bonds. The predicted molar refractivity (Wildman–Crippen MR) is 120 cm³/mol. The normalized spacial score (nSPS) is 15.1. The van der Waals surface area contributed by atoms with Crippen LogP contribution in [0.1, 0.15) is 46.9 Å². The first-order valence-electron chi connectivity index (χ1n) is 11.1. The van der Waals surface area contributed by atoms with Crippen LogP contribution in [0.4, 0.5) is 8.78 Å². The summed E-state index contributed by atoms with van der Waals surface area (Å²) in [5, 5.41) is 7.62. The Morgan fingerprint density at radius 3 is 2.47 bits per heavy atom. The van der Waals surface area contributed by atoms with Gasteiger partial charge in [0, 0.05) is 25.7 Å². The Morgan fingerprint density at radius 2 is 1.81 bits per heavy atom. The van der Waals surface area contributed by atoms with Crippen molar-refractivity contribution in [1.82, 2.24) is 20.0 Å². The third-order valence-electron chi connectivity index (χ3n) is 6.04. The van der Waals surface area contributed by atoms with Gasteiger partial charge in [-0.2, -0.15) is 5.10 Å². The number of rotatable bonds is 6. The van der Waals surface area contributed by atoms with Crippen molar-refractivity contribution in [3.05, 3.63) is 82.7 Å². The lowest BCUT2D eigenvalue weighted by Gasteiger charge is -2.32. The molecule has 1 aliphatic heterocycles. The van der Waals surface area contributed by atoms with Crippen LogP contribution in [0, 0.1) is 18.6 Å². The average Bonchev–Trinajstić information content (AvgIpc) is 3.22. The van der Waals surface area contributed by atoms with Gasteiger partial charge in [0.2, 0.25) is 0 Å². The number of likely N-dealkylation sites (tertiary alicyclic amines) is 1. The van der Waals surface area contributed by atoms with Crippen LogP contribution in [0.5, 0.6) is 0 Å². The summed E-state index contributed by atoms with van der Waals surface area (Å²) in [4.78, 5) is 15.2. The minimum Gasteiger partial charge on any atom is -0.349 e. The lowest BCUT2D eigenvalue weighted by molar-refractivity contribution is 0.0908. The molecular weight excluding hydrogens is 410 g/mol. The first-order chi connectivity index (χ1) is 15.4. The molecule has 4 rings (SSSR count). The van der Waals surface area contributed by atoms with E-state index in [-0.39, 0.29) is 11.9 Å². The Bertz CT molecular complexity index is 1090. The molecule has 7 heteroatoms. The third-order valence-corrected chi connectivity index (χ3v) is 6.04. The second kappa shape index (κ2) is 9.61. The quantitative estimate of drug-likeness (QED) is 0.620. The lowest BCUT2D eigenvalue weighted by Crippen LogP contribution is -2.44. The van der Waals surface area contributed by atoms with E-state index in [9.17, 15) is 13.6 Å². The van der Waals surface area contributed by atoms with Gasteiger partial charge in [-0.15, -0.1) is 0 Å². The monoisotopic (exact) mass is 438 g/mol. The molecule has 1 aromatic heterocycles. The number of aryl methyl sites for hydroxylation is 1. The van der Waals surface area contributed by atoms with Crippen LogP contribution in [0.2, 0.25) is 0 Å². The molecule has 168 valence electrons. The van der Waals surface area contributed by atoms with Crippen molar-refractivity contribution in [3.63, 3.8) is 0 Å². The highest BCUT2D eigenvalue weighted by Crippen LogP contribution is 2.19. The molecule has 0 bridgehead atoms. The molecule has 0 unspecified atom stereocenters. The molecule has 32 heavy (non-hydrogen) atoms. The van der Waals surface area contributed by atoms with Crippen molar-refractivity contribution in [2.24, 2.45) is 0 Å². The van der Waals surface area contributed by atoms with Crippen molar-refractivity contribution >= 4 is 5.91 Å². The number of amides is 1. The van der Waals surface area contributed by atoms with E-state index in [1.54, 1.807) is 12.3 Å². The van der Waals surface area contributed by atoms with E-state index in [4.69, 9.17) is 0 Å². The zero-order valence-corrected chi connectivity index (χ0v) is 18.4. The van der Waals surface area contributed by atoms with Crippen molar-refractivity contribution in [2.75, 3.05) is 13.1 Å². The maximum atomic E-state index is 13.4. The minimum absolute atomic E-state index is 0.0798. The standard InChI is InChI=1S/C25H28F2N4O/c1-3-24-21(15-28-31(24)20-7-4-17(2)5-8-20)25(32)29-19-10-12-30(13-11-19)16-18-6-9-22(26)23(27)14-18/h4-9,14-15,19H,3,10-13,16H2,1-2H3,(H,29,32). The maximum absolute atomic E-state index is 13.4. The SMILES string of the molecule is CCc1c(C(=O)NC2CCN(Cc3ccc(F)c(F)c3)CC2)cnn1-c1ccc(C)cc1. The number of nitrogens with zero attached hydrogens (tertiary/aromatic N) is 3. The highest BCUT2D eigenvalue weighted by Gasteiger charge is 2.24. The van der Waals surface area contributed by atoms with Gasteiger partial charge in [0.15, 0.2) is 11.6 Å². The van der Waals surface area contributed by atoms with Crippen molar-refractivity contribution in [3.8, 4) is 5.69 Å². The number of halogens is 2. The van der Waals surface area contributed by atoms with Crippen molar-refractivity contribution in [1.29, 1.82) is 0 Å². The van der Waals surface area contributed by atoms with E-state index < -0.39 is 11.6 Å². The van der Waals surface area contributed by atoms with Crippen LogP contribution in [-0.4, -0.2) is 39.7 Å². The average molecular weight is 439 g/mol. The Labute approximate surface area is 187 Å². The summed E-state index contributed by atoms with van der Waals surface area (Å²) in [6.07, 6.45) is 3.96. The Hall–Kier alpha value is -3.06. The second-order valence-corrected chi connectivity index (χ2v) is 8.38. The van der Waals surface area contributed by atoms with Gasteiger partial charge >= 0.3 is 0 Å². The molecule has 0 spiro atoms. The Balaban J connectivity index is 1.36. The summed E-state index contributed by atoms with van der Waals surface area (Å²) in [7, 11) is 0. The molecular formula is C25H28F2N4O. The van der Waals surface area contributed by atoms with E-state index in [1.807, 2.05) is 42.8 Å². The molecule has 1 N–H and O–H groups in total. The number of carbonyl (C=O) groups is 1. The summed E-state index contributed by atoms with van der Waals surface area (Å²) in [6, 6.07) is 12.2. The van der Waals surface area contributed by atoms with E-state index in [0.717, 1.165) is 42.9 Å². The van der Waals surface area contributed by atoms with E-state index >= 15 is 0 Å². The number of nitrogens with one attached hydrogen (secondary N) is 1. The molecule has 0 aliphatic carbocycles. The number of aromatic nitrogens is 2. The zero-order chi connectivity index (χ0) is 22.7. The van der Waals surface area contributed by atoms with Gasteiger partial charge in [-0.25, -0.2) is 13.5 Å². The van der Waals surface area contributed by atoms with Crippen LogP contribution in [0.25, 0.3) is 5.69 Å². The fourth-order valence-electron chi connectivity index (χ4n) is 4.21. The van der Waals surface area contributed by atoms with E-state index in [0.29, 0.717) is 18.5 Å². The first kappa shape index (κ1) is 22.1. The van der Waals surface area contributed by atoms with E-state index in [2.05, 4.69) is 15.3 Å². The molecule has 2 heterocycles. The molecule has 0 radical (unpaired) electrons. The van der Waals surface area contributed by atoms with Gasteiger partial charge in [-0.05, 0) is 56.0 Å². The van der Waals surface area contributed by atoms with Crippen LogP contribution in [-0.2, 0) is 13.0 Å². The van der Waals surface area contributed by atoms with Gasteiger partial charge in [-0.3, -0.25) is 9.69 Å². The highest BCUT2D eigenvalue weighted by atomic mass is 19.2. The third kappa shape index (κ3) is 4.88. The maximum Gasteiger partial charge on any atom is 0.254 e. The fraction of sp³-hybridized carbons (Fsp3) is 0.360.